The number of carbonyl (C=O) groups is 2. The van der Waals surface area contributed by atoms with Crippen LogP contribution in [0, 0.1) is 0 Å². The maximum absolute atomic E-state index is 12.7. The van der Waals surface area contributed by atoms with Crippen LogP contribution in [0.3, 0.4) is 0 Å². The topological polar surface area (TPSA) is 84.7 Å². The van der Waals surface area contributed by atoms with Crippen molar-refractivity contribution in [2.45, 2.75) is 45.6 Å². The first-order valence-electron chi connectivity index (χ1n) is 9.42. The number of aryl methyl sites for hydroxylation is 1. The van der Waals surface area contributed by atoms with Crippen molar-refractivity contribution in [1.82, 2.24) is 10.1 Å². The Hall–Kier alpha value is -2.83. The van der Waals surface area contributed by atoms with Crippen LogP contribution in [0.25, 0.3) is 0 Å². The van der Waals surface area contributed by atoms with E-state index in [1.807, 2.05) is 6.07 Å². The zero-order valence-corrected chi connectivity index (χ0v) is 15.7. The van der Waals surface area contributed by atoms with Crippen LogP contribution in [-0.2, 0) is 11.2 Å². The summed E-state index contributed by atoms with van der Waals surface area (Å²) in [5, 5.41) is 7.05. The van der Waals surface area contributed by atoms with Gasteiger partial charge in [0.25, 0.3) is 0 Å². The quantitative estimate of drug-likeness (QED) is 0.770. The van der Waals surface area contributed by atoms with E-state index in [1.165, 1.54) is 0 Å². The van der Waals surface area contributed by atoms with Crippen LogP contribution in [0.1, 0.15) is 61.0 Å². The van der Waals surface area contributed by atoms with Gasteiger partial charge in [0.15, 0.2) is 0 Å². The third-order valence-corrected chi connectivity index (χ3v) is 4.58. The molecule has 2 amide bonds. The highest BCUT2D eigenvalue weighted by Gasteiger charge is 2.32. The molecule has 0 saturated carbocycles. The molecule has 1 aliphatic rings. The molecule has 1 aromatic heterocycles. The molecule has 0 spiro atoms. The number of likely N-dealkylation sites (tertiary alicyclic amines) is 1. The number of aromatic nitrogens is 1. The highest BCUT2D eigenvalue weighted by atomic mass is 16.5. The van der Waals surface area contributed by atoms with Gasteiger partial charge in [-0.2, -0.15) is 0 Å². The molecule has 1 atom stereocenters. The Labute approximate surface area is 158 Å². The molecule has 1 saturated heterocycles. The number of esters is 1. The highest BCUT2D eigenvalue weighted by molar-refractivity contribution is 5.92. The second kappa shape index (κ2) is 8.70. The fourth-order valence-electron chi connectivity index (χ4n) is 3.27. The Morgan fingerprint density at radius 1 is 1.30 bits per heavy atom. The van der Waals surface area contributed by atoms with Gasteiger partial charge in [-0.25, -0.2) is 9.59 Å². The minimum atomic E-state index is -0.371. The van der Waals surface area contributed by atoms with Gasteiger partial charge in [0.1, 0.15) is 11.5 Å². The molecule has 7 nitrogen and oxygen atoms in total. The largest absolute Gasteiger partial charge is 0.462 e. The Balaban J connectivity index is 1.65. The van der Waals surface area contributed by atoms with Gasteiger partial charge in [0.05, 0.1) is 18.2 Å². The second-order valence-electron chi connectivity index (χ2n) is 6.55. The number of urea groups is 1. The number of amides is 2. The molecule has 2 aromatic rings. The van der Waals surface area contributed by atoms with Gasteiger partial charge in [-0.3, -0.25) is 0 Å². The van der Waals surface area contributed by atoms with Crippen molar-refractivity contribution in [1.29, 1.82) is 0 Å². The summed E-state index contributed by atoms with van der Waals surface area (Å²) in [5.41, 5.74) is 1.90. The molecular formula is C20H25N3O4. The summed E-state index contributed by atoms with van der Waals surface area (Å²) in [5.74, 6) is 0.484. The summed E-state index contributed by atoms with van der Waals surface area (Å²) in [6.07, 6.45) is 3.63. The second-order valence-corrected chi connectivity index (χ2v) is 6.55. The van der Waals surface area contributed by atoms with E-state index in [9.17, 15) is 9.59 Å². The van der Waals surface area contributed by atoms with E-state index in [1.54, 1.807) is 36.1 Å². The first-order chi connectivity index (χ1) is 13.1. The van der Waals surface area contributed by atoms with E-state index < -0.39 is 0 Å². The summed E-state index contributed by atoms with van der Waals surface area (Å²) in [4.78, 5) is 26.2. The number of hydrogen-bond acceptors (Lipinski definition) is 5. The van der Waals surface area contributed by atoms with Crippen molar-refractivity contribution >= 4 is 17.7 Å². The van der Waals surface area contributed by atoms with Gasteiger partial charge in [0, 0.05) is 24.7 Å². The first-order valence-corrected chi connectivity index (χ1v) is 9.42. The van der Waals surface area contributed by atoms with E-state index in [0.717, 1.165) is 37.1 Å². The summed E-state index contributed by atoms with van der Waals surface area (Å²) in [7, 11) is 0. The van der Waals surface area contributed by atoms with Gasteiger partial charge >= 0.3 is 12.0 Å². The maximum atomic E-state index is 12.7. The van der Waals surface area contributed by atoms with E-state index in [2.05, 4.69) is 17.4 Å². The Morgan fingerprint density at radius 2 is 2.07 bits per heavy atom. The van der Waals surface area contributed by atoms with Crippen LogP contribution < -0.4 is 5.32 Å². The third kappa shape index (κ3) is 4.48. The average Bonchev–Trinajstić information content (AvgIpc) is 3.32. The highest BCUT2D eigenvalue weighted by Crippen LogP contribution is 2.32. The monoisotopic (exact) mass is 371 g/mol. The molecule has 7 heteroatoms. The minimum Gasteiger partial charge on any atom is -0.462 e. The molecule has 0 bridgehead atoms. The zero-order chi connectivity index (χ0) is 19.2. The molecule has 2 heterocycles. The molecule has 144 valence electrons. The average molecular weight is 371 g/mol. The van der Waals surface area contributed by atoms with E-state index >= 15 is 0 Å². The molecule has 1 unspecified atom stereocenters. The number of ether oxygens (including phenoxy) is 1. The van der Waals surface area contributed by atoms with E-state index in [4.69, 9.17) is 9.26 Å². The number of nitrogens with zero attached hydrogens (tertiary/aromatic N) is 2. The smallest absolute Gasteiger partial charge is 0.338 e. The zero-order valence-electron chi connectivity index (χ0n) is 15.7. The van der Waals surface area contributed by atoms with Crippen LogP contribution in [0.15, 0.2) is 34.9 Å². The Bertz CT molecular complexity index is 785. The van der Waals surface area contributed by atoms with E-state index in [-0.39, 0.29) is 18.0 Å². The van der Waals surface area contributed by atoms with Gasteiger partial charge in [-0.15, -0.1) is 0 Å². The lowest BCUT2D eigenvalue weighted by molar-refractivity contribution is 0.0526. The predicted molar refractivity (Wildman–Crippen MR) is 101 cm³/mol. The molecular weight excluding hydrogens is 346 g/mol. The van der Waals surface area contributed by atoms with Crippen LogP contribution in [0.2, 0.25) is 0 Å². The third-order valence-electron chi connectivity index (χ3n) is 4.58. The number of nitrogens with one attached hydrogen (secondary N) is 1. The minimum absolute atomic E-state index is 0.0711. The lowest BCUT2D eigenvalue weighted by atomic mass is 10.1. The number of hydrogen-bond donors (Lipinski definition) is 1. The summed E-state index contributed by atoms with van der Waals surface area (Å²) < 4.78 is 10.3. The van der Waals surface area contributed by atoms with Crippen molar-refractivity contribution in [3.8, 4) is 0 Å². The molecule has 27 heavy (non-hydrogen) atoms. The molecule has 1 fully saturated rings. The summed E-state index contributed by atoms with van der Waals surface area (Å²) >= 11 is 0. The predicted octanol–water partition coefficient (Wildman–Crippen LogP) is 4.17. The van der Waals surface area contributed by atoms with Gasteiger partial charge in [-0.1, -0.05) is 12.1 Å². The molecule has 1 aliphatic heterocycles. The Morgan fingerprint density at radius 3 is 2.78 bits per heavy atom. The number of benzene rings is 1. The fraction of sp³-hybridized carbons (Fsp3) is 0.450. The van der Waals surface area contributed by atoms with Crippen molar-refractivity contribution in [3.63, 3.8) is 0 Å². The molecule has 0 radical (unpaired) electrons. The fourth-order valence-corrected chi connectivity index (χ4v) is 3.27. The van der Waals surface area contributed by atoms with Crippen molar-refractivity contribution in [3.05, 3.63) is 47.3 Å². The van der Waals surface area contributed by atoms with Crippen LogP contribution in [-0.4, -0.2) is 35.2 Å². The van der Waals surface area contributed by atoms with Crippen LogP contribution in [0.5, 0.6) is 0 Å². The first kappa shape index (κ1) is 18.9. The number of rotatable bonds is 6. The van der Waals surface area contributed by atoms with E-state index in [0.29, 0.717) is 24.4 Å². The normalized spacial score (nSPS) is 16.4. The van der Waals surface area contributed by atoms with Gasteiger partial charge in [-0.05, 0) is 50.5 Å². The van der Waals surface area contributed by atoms with Crippen molar-refractivity contribution in [2.75, 3.05) is 18.5 Å². The summed E-state index contributed by atoms with van der Waals surface area (Å²) in [6.45, 7) is 4.85. The maximum Gasteiger partial charge on any atom is 0.338 e. The van der Waals surface area contributed by atoms with Crippen molar-refractivity contribution in [2.24, 2.45) is 0 Å². The lowest BCUT2D eigenvalue weighted by Gasteiger charge is -2.23. The SMILES string of the molecule is CCCc1cc(C2CCCN2C(=O)Nc2ccc(C(=O)OCC)cc2)no1. The standard InChI is InChI=1S/C20H25N3O4/c1-3-6-16-13-17(22-27-16)18-7-5-12-23(18)20(25)21-15-10-8-14(9-11-15)19(24)26-4-2/h8-11,13,18H,3-7,12H2,1-2H3,(H,21,25). The molecule has 1 aromatic carbocycles. The van der Waals surface area contributed by atoms with Crippen LogP contribution in [0.4, 0.5) is 10.5 Å². The van der Waals surface area contributed by atoms with Gasteiger partial charge < -0.3 is 19.5 Å². The number of carbonyl (C=O) groups excluding carboxylic acids is 2. The van der Waals surface area contributed by atoms with Crippen molar-refractivity contribution < 1.29 is 18.8 Å². The molecule has 1 N–H and O–H groups in total. The Kier molecular flexibility index (Phi) is 6.11. The lowest BCUT2D eigenvalue weighted by Crippen LogP contribution is -2.34. The summed E-state index contributed by atoms with van der Waals surface area (Å²) in [6, 6.07) is 8.39. The van der Waals surface area contributed by atoms with Gasteiger partial charge in [0.2, 0.25) is 0 Å². The van der Waals surface area contributed by atoms with Crippen LogP contribution >= 0.6 is 0 Å². The number of anilines is 1. The molecule has 0 aliphatic carbocycles. The molecule has 3 rings (SSSR count).